The van der Waals surface area contributed by atoms with Crippen LogP contribution in [0.15, 0.2) is 58.5 Å². The van der Waals surface area contributed by atoms with Crippen molar-refractivity contribution in [2.24, 2.45) is 9.98 Å². The fraction of sp³-hybridized carbons (Fsp3) is 0.375. The lowest BCUT2D eigenvalue weighted by Gasteiger charge is -2.27. The fourth-order valence-corrected chi connectivity index (χ4v) is 4.71. The molecule has 1 fully saturated rings. The van der Waals surface area contributed by atoms with E-state index < -0.39 is 0 Å². The van der Waals surface area contributed by atoms with Crippen molar-refractivity contribution in [2.45, 2.75) is 51.6 Å². The van der Waals surface area contributed by atoms with Crippen LogP contribution in [0.5, 0.6) is 0 Å². The molecule has 0 radical (unpaired) electrons. The Morgan fingerprint density at radius 3 is 2.21 bits per heavy atom. The first kappa shape index (κ1) is 19.9. The van der Waals surface area contributed by atoms with Gasteiger partial charge in [0, 0.05) is 11.3 Å². The summed E-state index contributed by atoms with van der Waals surface area (Å²) in [6.07, 6.45) is 5.60. The largest absolute Gasteiger partial charge is 0.325 e. The Kier molecular flexibility index (Phi) is 5.86. The van der Waals surface area contributed by atoms with E-state index in [4.69, 9.17) is 9.98 Å². The summed E-state index contributed by atoms with van der Waals surface area (Å²) in [7, 11) is 0. The number of nitrogens with zero attached hydrogens (tertiary/aromatic N) is 2. The topological polar surface area (TPSA) is 53.8 Å². The average Bonchev–Trinajstić information content (AvgIpc) is 3.07. The highest BCUT2D eigenvalue weighted by molar-refractivity contribution is 8.16. The van der Waals surface area contributed by atoms with Crippen LogP contribution in [0.4, 0.5) is 5.69 Å². The van der Waals surface area contributed by atoms with Gasteiger partial charge in [0.15, 0.2) is 5.66 Å². The quantitative estimate of drug-likeness (QED) is 0.726. The molecule has 1 heterocycles. The van der Waals surface area contributed by atoms with Crippen molar-refractivity contribution < 1.29 is 4.79 Å². The molecule has 1 spiro atoms. The molecule has 5 heteroatoms. The summed E-state index contributed by atoms with van der Waals surface area (Å²) in [5, 5.41) is 3.87. The summed E-state index contributed by atoms with van der Waals surface area (Å²) in [6.45, 7) is 4.12. The van der Waals surface area contributed by atoms with Gasteiger partial charge >= 0.3 is 0 Å². The van der Waals surface area contributed by atoms with Gasteiger partial charge in [-0.05, 0) is 51.7 Å². The minimum Gasteiger partial charge on any atom is -0.325 e. The summed E-state index contributed by atoms with van der Waals surface area (Å²) in [5.41, 5.74) is 4.94. The number of thioether (sulfide) groups is 1. The SMILES string of the molecule is Cc1ccc(NC(=O)CSC2=NC3(CCCCC3)N=C2c2ccc(C)cc2)cc1. The lowest BCUT2D eigenvalue weighted by atomic mass is 9.90. The van der Waals surface area contributed by atoms with Crippen LogP contribution in [0.3, 0.4) is 0 Å². The van der Waals surface area contributed by atoms with Crippen LogP contribution in [0.25, 0.3) is 0 Å². The fourth-order valence-electron chi connectivity index (χ4n) is 3.83. The lowest BCUT2D eigenvalue weighted by molar-refractivity contribution is -0.113. The van der Waals surface area contributed by atoms with E-state index in [1.807, 2.05) is 31.2 Å². The molecular formula is C24H27N3OS. The Hall–Kier alpha value is -2.40. The minimum atomic E-state index is -0.311. The number of amides is 1. The standard InChI is InChI=1S/C24H27N3OS/c1-17-6-10-19(11-7-17)22-23(27-24(26-22)14-4-3-5-15-24)29-16-21(28)25-20-12-8-18(2)9-13-20/h6-13H,3-5,14-16H2,1-2H3,(H,25,28). The van der Waals surface area contributed by atoms with Crippen LogP contribution in [0.2, 0.25) is 0 Å². The zero-order valence-electron chi connectivity index (χ0n) is 17.1. The highest BCUT2D eigenvalue weighted by Gasteiger charge is 2.37. The van der Waals surface area contributed by atoms with Gasteiger partial charge in [0.25, 0.3) is 0 Å². The summed E-state index contributed by atoms with van der Waals surface area (Å²) < 4.78 is 0. The van der Waals surface area contributed by atoms with Gasteiger partial charge in [-0.1, -0.05) is 65.7 Å². The van der Waals surface area contributed by atoms with Gasteiger partial charge < -0.3 is 5.32 Å². The van der Waals surface area contributed by atoms with E-state index in [9.17, 15) is 4.79 Å². The molecule has 0 atom stereocenters. The number of aliphatic imine (C=N–C) groups is 2. The zero-order chi connectivity index (χ0) is 20.3. The van der Waals surface area contributed by atoms with E-state index in [0.717, 1.165) is 34.8 Å². The number of rotatable bonds is 4. The minimum absolute atomic E-state index is 0.0191. The monoisotopic (exact) mass is 405 g/mol. The maximum atomic E-state index is 12.5. The second-order valence-corrected chi connectivity index (χ2v) is 8.95. The normalized spacial score (nSPS) is 17.7. The molecule has 150 valence electrons. The third-order valence-electron chi connectivity index (χ3n) is 5.49. The van der Waals surface area contributed by atoms with E-state index in [-0.39, 0.29) is 11.6 Å². The molecule has 2 aliphatic rings. The number of carbonyl (C=O) groups excluding carboxylic acids is 1. The Balaban J connectivity index is 1.49. The van der Waals surface area contributed by atoms with Crippen LogP contribution in [-0.4, -0.2) is 28.1 Å². The summed E-state index contributed by atoms with van der Waals surface area (Å²) >= 11 is 1.50. The van der Waals surface area contributed by atoms with Crippen LogP contribution >= 0.6 is 11.8 Å². The van der Waals surface area contributed by atoms with Crippen molar-refractivity contribution in [1.29, 1.82) is 0 Å². The highest BCUT2D eigenvalue weighted by atomic mass is 32.2. The van der Waals surface area contributed by atoms with Gasteiger partial charge in [-0.3, -0.25) is 9.79 Å². The Morgan fingerprint density at radius 2 is 1.55 bits per heavy atom. The summed E-state index contributed by atoms with van der Waals surface area (Å²) in [4.78, 5) is 22.6. The number of carbonyl (C=O) groups is 1. The number of hydrogen-bond acceptors (Lipinski definition) is 4. The van der Waals surface area contributed by atoms with Gasteiger partial charge in [-0.25, -0.2) is 4.99 Å². The molecular weight excluding hydrogens is 378 g/mol. The maximum Gasteiger partial charge on any atom is 0.234 e. The Bertz CT molecular complexity index is 939. The molecule has 1 aliphatic heterocycles. The molecule has 1 saturated carbocycles. The smallest absolute Gasteiger partial charge is 0.234 e. The van der Waals surface area contributed by atoms with Crippen LogP contribution in [-0.2, 0) is 4.79 Å². The molecule has 2 aromatic carbocycles. The van der Waals surface area contributed by atoms with Crippen LogP contribution in [0, 0.1) is 13.8 Å². The second kappa shape index (κ2) is 8.54. The number of hydrogen-bond donors (Lipinski definition) is 1. The molecule has 0 bridgehead atoms. The number of nitrogens with one attached hydrogen (secondary N) is 1. The third kappa shape index (κ3) is 4.78. The van der Waals surface area contributed by atoms with E-state index in [1.54, 1.807) is 0 Å². The number of anilines is 1. The van der Waals surface area contributed by atoms with Crippen molar-refractivity contribution in [3.05, 3.63) is 65.2 Å². The van der Waals surface area contributed by atoms with Gasteiger partial charge in [-0.15, -0.1) is 0 Å². The van der Waals surface area contributed by atoms with E-state index >= 15 is 0 Å². The Labute approximate surface area is 176 Å². The van der Waals surface area contributed by atoms with Gasteiger partial charge in [0.2, 0.25) is 5.91 Å². The predicted octanol–water partition coefficient (Wildman–Crippen LogP) is 5.54. The molecule has 1 aliphatic carbocycles. The van der Waals surface area contributed by atoms with Crippen molar-refractivity contribution in [3.63, 3.8) is 0 Å². The van der Waals surface area contributed by atoms with Crippen LogP contribution in [0.1, 0.15) is 48.8 Å². The zero-order valence-corrected chi connectivity index (χ0v) is 17.9. The number of benzene rings is 2. The maximum absolute atomic E-state index is 12.5. The van der Waals surface area contributed by atoms with Gasteiger partial charge in [0.05, 0.1) is 11.5 Å². The molecule has 0 saturated heterocycles. The first-order valence-corrected chi connectivity index (χ1v) is 11.3. The molecule has 4 nitrogen and oxygen atoms in total. The molecule has 4 rings (SSSR count). The highest BCUT2D eigenvalue weighted by Crippen LogP contribution is 2.38. The van der Waals surface area contributed by atoms with E-state index in [2.05, 4.69) is 36.5 Å². The molecule has 0 aromatic heterocycles. The number of aryl methyl sites for hydroxylation is 2. The van der Waals surface area contributed by atoms with Crippen molar-refractivity contribution in [2.75, 3.05) is 11.1 Å². The Morgan fingerprint density at radius 1 is 0.931 bits per heavy atom. The van der Waals surface area contributed by atoms with Crippen molar-refractivity contribution in [3.8, 4) is 0 Å². The first-order valence-electron chi connectivity index (χ1n) is 10.3. The predicted molar refractivity (Wildman–Crippen MR) is 123 cm³/mol. The van der Waals surface area contributed by atoms with Crippen molar-refractivity contribution >= 4 is 34.1 Å². The summed E-state index contributed by atoms with van der Waals surface area (Å²) in [6, 6.07) is 16.3. The lowest BCUT2D eigenvalue weighted by Crippen LogP contribution is -2.25. The molecule has 2 aromatic rings. The molecule has 1 N–H and O–H groups in total. The second-order valence-electron chi connectivity index (χ2n) is 7.99. The third-order valence-corrected chi connectivity index (χ3v) is 6.45. The van der Waals surface area contributed by atoms with Crippen LogP contribution < -0.4 is 5.32 Å². The average molecular weight is 406 g/mol. The molecule has 1 amide bonds. The van der Waals surface area contributed by atoms with E-state index in [1.165, 1.54) is 42.2 Å². The van der Waals surface area contributed by atoms with Gasteiger partial charge in [-0.2, -0.15) is 0 Å². The molecule has 0 unspecified atom stereocenters. The first-order chi connectivity index (χ1) is 14.0. The molecule has 29 heavy (non-hydrogen) atoms. The van der Waals surface area contributed by atoms with Gasteiger partial charge in [0.1, 0.15) is 5.04 Å². The summed E-state index contributed by atoms with van der Waals surface area (Å²) in [5.74, 6) is 0.308. The van der Waals surface area contributed by atoms with Crippen molar-refractivity contribution in [1.82, 2.24) is 0 Å². The van der Waals surface area contributed by atoms with E-state index in [0.29, 0.717) is 5.75 Å².